The van der Waals surface area contributed by atoms with Gasteiger partial charge in [-0.2, -0.15) is 0 Å². The highest BCUT2D eigenvalue weighted by Gasteiger charge is 2.27. The Morgan fingerprint density at radius 2 is 1.62 bits per heavy atom. The number of benzene rings is 3. The van der Waals surface area contributed by atoms with E-state index in [-0.39, 0.29) is 11.8 Å². The first-order valence-electron chi connectivity index (χ1n) is 9.83. The second-order valence-electron chi connectivity index (χ2n) is 7.64. The number of carbonyl (C=O) groups is 2. The summed E-state index contributed by atoms with van der Waals surface area (Å²) in [4.78, 5) is 23.8. The average molecular weight is 408 g/mol. The van der Waals surface area contributed by atoms with Gasteiger partial charge in [-0.3, -0.25) is 9.59 Å². The molecule has 0 aliphatic heterocycles. The van der Waals surface area contributed by atoms with Crippen molar-refractivity contribution in [3.63, 3.8) is 0 Å². The minimum absolute atomic E-state index is 0.202. The molecule has 0 heterocycles. The minimum Gasteiger partial charge on any atom is -0.481 e. The summed E-state index contributed by atoms with van der Waals surface area (Å²) < 4.78 is 0. The lowest BCUT2D eigenvalue weighted by Crippen LogP contribution is -2.20. The molecule has 0 atom stereocenters. The molecule has 2 N–H and O–H groups in total. The Hall–Kier alpha value is -2.85. The molecule has 1 aliphatic rings. The van der Waals surface area contributed by atoms with E-state index in [1.807, 2.05) is 54.6 Å². The number of anilines is 1. The molecule has 1 fully saturated rings. The van der Waals surface area contributed by atoms with Crippen molar-refractivity contribution in [2.24, 2.45) is 5.92 Å². The van der Waals surface area contributed by atoms with E-state index in [0.29, 0.717) is 35.0 Å². The van der Waals surface area contributed by atoms with Crippen molar-refractivity contribution in [2.45, 2.75) is 31.6 Å². The zero-order valence-corrected chi connectivity index (χ0v) is 16.7. The summed E-state index contributed by atoms with van der Waals surface area (Å²) in [6.07, 6.45) is 3.07. The highest BCUT2D eigenvalue weighted by atomic mass is 35.5. The Kier molecular flexibility index (Phi) is 5.54. The van der Waals surface area contributed by atoms with Crippen LogP contribution in [-0.4, -0.2) is 17.0 Å². The SMILES string of the molecule is O=C(Nc1ccc(C2CCC(C(=O)O)CC2)cc1Cl)c1ccc2ccccc2c1. The molecule has 0 unspecified atom stereocenters. The van der Waals surface area contributed by atoms with Crippen molar-refractivity contribution < 1.29 is 14.7 Å². The van der Waals surface area contributed by atoms with Gasteiger partial charge in [0.15, 0.2) is 0 Å². The molecule has 29 heavy (non-hydrogen) atoms. The van der Waals surface area contributed by atoms with Gasteiger partial charge in [-0.15, -0.1) is 0 Å². The van der Waals surface area contributed by atoms with Gasteiger partial charge < -0.3 is 10.4 Å². The van der Waals surface area contributed by atoms with Crippen molar-refractivity contribution in [1.82, 2.24) is 0 Å². The van der Waals surface area contributed by atoms with Crippen LogP contribution in [0.3, 0.4) is 0 Å². The monoisotopic (exact) mass is 407 g/mol. The number of carboxylic acids is 1. The second-order valence-corrected chi connectivity index (χ2v) is 8.05. The van der Waals surface area contributed by atoms with Gasteiger partial charge in [-0.05, 0) is 72.2 Å². The van der Waals surface area contributed by atoms with Crippen LogP contribution in [0.5, 0.6) is 0 Å². The molecule has 0 aromatic heterocycles. The molecule has 3 aromatic rings. The summed E-state index contributed by atoms with van der Waals surface area (Å²) in [5, 5.41) is 14.6. The summed E-state index contributed by atoms with van der Waals surface area (Å²) >= 11 is 6.45. The Bertz CT molecular complexity index is 1070. The van der Waals surface area contributed by atoms with E-state index in [1.165, 1.54) is 0 Å². The summed E-state index contributed by atoms with van der Waals surface area (Å²) in [5.41, 5.74) is 2.26. The Labute approximate surface area is 174 Å². The lowest BCUT2D eigenvalue weighted by molar-refractivity contribution is -0.142. The fraction of sp³-hybridized carbons (Fsp3) is 0.250. The number of amides is 1. The van der Waals surface area contributed by atoms with Crippen molar-refractivity contribution in [1.29, 1.82) is 0 Å². The Balaban J connectivity index is 1.46. The third-order valence-electron chi connectivity index (χ3n) is 5.80. The number of fused-ring (bicyclic) bond motifs is 1. The van der Waals surface area contributed by atoms with Crippen LogP contribution in [0.2, 0.25) is 5.02 Å². The van der Waals surface area contributed by atoms with E-state index in [2.05, 4.69) is 5.32 Å². The fourth-order valence-corrected chi connectivity index (χ4v) is 4.32. The van der Waals surface area contributed by atoms with Crippen molar-refractivity contribution in [2.75, 3.05) is 5.32 Å². The number of hydrogen-bond acceptors (Lipinski definition) is 2. The van der Waals surface area contributed by atoms with Crippen LogP contribution in [0, 0.1) is 5.92 Å². The average Bonchev–Trinajstić information content (AvgIpc) is 2.74. The largest absolute Gasteiger partial charge is 0.481 e. The number of carbonyl (C=O) groups excluding carboxylic acids is 1. The van der Waals surface area contributed by atoms with E-state index < -0.39 is 5.97 Å². The zero-order chi connectivity index (χ0) is 20.4. The highest BCUT2D eigenvalue weighted by molar-refractivity contribution is 6.34. The normalized spacial score (nSPS) is 19.1. The number of halogens is 1. The van der Waals surface area contributed by atoms with E-state index in [0.717, 1.165) is 29.2 Å². The number of carboxylic acid groups (broad SMARTS) is 1. The molecule has 0 radical (unpaired) electrons. The van der Waals surface area contributed by atoms with Gasteiger partial charge in [0.2, 0.25) is 0 Å². The maximum atomic E-state index is 12.7. The second kappa shape index (κ2) is 8.26. The maximum absolute atomic E-state index is 12.7. The van der Waals surface area contributed by atoms with Gasteiger partial charge in [0.1, 0.15) is 0 Å². The van der Waals surface area contributed by atoms with Gasteiger partial charge in [0.05, 0.1) is 16.6 Å². The molecule has 4 rings (SSSR count). The van der Waals surface area contributed by atoms with E-state index in [9.17, 15) is 9.59 Å². The topological polar surface area (TPSA) is 66.4 Å². The first kappa shape index (κ1) is 19.5. The zero-order valence-electron chi connectivity index (χ0n) is 15.9. The molecule has 148 valence electrons. The number of rotatable bonds is 4. The number of nitrogens with one attached hydrogen (secondary N) is 1. The maximum Gasteiger partial charge on any atom is 0.306 e. The third kappa shape index (κ3) is 4.28. The standard InChI is InChI=1S/C24H22ClNO3/c25-21-14-19(16-5-8-17(9-6-16)24(28)29)11-12-22(21)26-23(27)20-10-7-15-3-1-2-4-18(15)13-20/h1-4,7,10-14,16-17H,5-6,8-9H2,(H,26,27)(H,28,29). The van der Waals surface area contributed by atoms with Crippen LogP contribution in [0.4, 0.5) is 5.69 Å². The van der Waals surface area contributed by atoms with Gasteiger partial charge in [0.25, 0.3) is 5.91 Å². The molecule has 5 heteroatoms. The Morgan fingerprint density at radius 3 is 2.31 bits per heavy atom. The predicted molar refractivity (Wildman–Crippen MR) is 116 cm³/mol. The van der Waals surface area contributed by atoms with Crippen molar-refractivity contribution in [3.8, 4) is 0 Å². The lowest BCUT2D eigenvalue weighted by atomic mass is 9.79. The molecular weight excluding hydrogens is 386 g/mol. The molecule has 1 saturated carbocycles. The molecular formula is C24H22ClNO3. The van der Waals surface area contributed by atoms with E-state index in [1.54, 1.807) is 6.07 Å². The molecule has 0 spiro atoms. The van der Waals surface area contributed by atoms with E-state index >= 15 is 0 Å². The van der Waals surface area contributed by atoms with Crippen LogP contribution in [0.1, 0.15) is 47.5 Å². The summed E-state index contributed by atoms with van der Waals surface area (Å²) in [6, 6.07) is 19.2. The van der Waals surface area contributed by atoms with Crippen LogP contribution in [0.25, 0.3) is 10.8 Å². The van der Waals surface area contributed by atoms with Crippen LogP contribution < -0.4 is 5.32 Å². The first-order chi connectivity index (χ1) is 14.0. The lowest BCUT2D eigenvalue weighted by Gasteiger charge is -2.26. The molecule has 1 aliphatic carbocycles. The van der Waals surface area contributed by atoms with Gasteiger partial charge in [0, 0.05) is 5.56 Å². The predicted octanol–water partition coefficient (Wildman–Crippen LogP) is 6.10. The molecule has 4 nitrogen and oxygen atoms in total. The number of hydrogen-bond donors (Lipinski definition) is 2. The van der Waals surface area contributed by atoms with Crippen LogP contribution in [-0.2, 0) is 4.79 Å². The highest BCUT2D eigenvalue weighted by Crippen LogP contribution is 2.38. The van der Waals surface area contributed by atoms with Gasteiger partial charge in [-0.25, -0.2) is 0 Å². The first-order valence-corrected chi connectivity index (χ1v) is 10.2. The quantitative estimate of drug-likeness (QED) is 0.548. The minimum atomic E-state index is -0.701. The van der Waals surface area contributed by atoms with Crippen LogP contribution >= 0.6 is 11.6 Å². The molecule has 3 aromatic carbocycles. The molecule has 1 amide bonds. The van der Waals surface area contributed by atoms with Crippen molar-refractivity contribution >= 4 is 39.9 Å². The fourth-order valence-electron chi connectivity index (χ4n) is 4.09. The van der Waals surface area contributed by atoms with Crippen molar-refractivity contribution in [3.05, 3.63) is 76.8 Å². The van der Waals surface area contributed by atoms with Gasteiger partial charge >= 0.3 is 5.97 Å². The molecule has 0 bridgehead atoms. The smallest absolute Gasteiger partial charge is 0.306 e. The Morgan fingerprint density at radius 1 is 0.897 bits per heavy atom. The number of aliphatic carboxylic acids is 1. The summed E-state index contributed by atoms with van der Waals surface area (Å²) in [7, 11) is 0. The molecule has 0 saturated heterocycles. The summed E-state index contributed by atoms with van der Waals surface area (Å²) in [5.74, 6) is -0.823. The van der Waals surface area contributed by atoms with E-state index in [4.69, 9.17) is 16.7 Å². The third-order valence-corrected chi connectivity index (χ3v) is 6.11. The van der Waals surface area contributed by atoms with Gasteiger partial charge in [-0.1, -0.05) is 48.0 Å². The summed E-state index contributed by atoms with van der Waals surface area (Å²) in [6.45, 7) is 0. The van der Waals surface area contributed by atoms with Crippen LogP contribution in [0.15, 0.2) is 60.7 Å².